The van der Waals surface area contributed by atoms with E-state index in [0.29, 0.717) is 11.0 Å². The van der Waals surface area contributed by atoms with Crippen LogP contribution in [0.5, 0.6) is 0 Å². The van der Waals surface area contributed by atoms with Crippen molar-refractivity contribution < 1.29 is 4.79 Å². The lowest BCUT2D eigenvalue weighted by atomic mass is 10.2. The van der Waals surface area contributed by atoms with Gasteiger partial charge in [0.1, 0.15) is 5.15 Å². The molecule has 1 aromatic carbocycles. The van der Waals surface area contributed by atoms with Crippen molar-refractivity contribution >= 4 is 29.5 Å². The predicted molar refractivity (Wildman–Crippen MR) is 81.2 cm³/mol. The van der Waals surface area contributed by atoms with E-state index in [4.69, 9.17) is 11.6 Å². The summed E-state index contributed by atoms with van der Waals surface area (Å²) >= 11 is 5.92. The molecule has 0 saturated heterocycles. The van der Waals surface area contributed by atoms with Crippen molar-refractivity contribution in [1.82, 2.24) is 4.98 Å². The zero-order valence-corrected chi connectivity index (χ0v) is 12.0. The molecule has 0 aliphatic carbocycles. The number of halogens is 1. The van der Waals surface area contributed by atoms with Crippen LogP contribution in [0.15, 0.2) is 47.6 Å². The average Bonchev–Trinajstić information content (AvgIpc) is 2.38. The van der Waals surface area contributed by atoms with Gasteiger partial charge in [-0.1, -0.05) is 41.9 Å². The van der Waals surface area contributed by atoms with Crippen molar-refractivity contribution in [3.8, 4) is 0 Å². The summed E-state index contributed by atoms with van der Waals surface area (Å²) in [6.07, 6.45) is 1.61. The van der Waals surface area contributed by atoms with Gasteiger partial charge in [0, 0.05) is 6.92 Å². The molecule has 2 aromatic rings. The van der Waals surface area contributed by atoms with Gasteiger partial charge in [0.05, 0.1) is 6.21 Å². The number of amides is 1. The molecule has 102 valence electrons. The Morgan fingerprint density at radius 3 is 2.60 bits per heavy atom. The molecule has 1 amide bonds. The minimum absolute atomic E-state index is 0.230. The van der Waals surface area contributed by atoms with E-state index in [0.717, 1.165) is 11.1 Å². The van der Waals surface area contributed by atoms with Crippen LogP contribution in [-0.4, -0.2) is 17.1 Å². The molecule has 2 rings (SSSR count). The SMILES string of the molecule is CC(=O)N(/N=C\c1ccccc1)c1cc(C)cc(Cl)n1. The zero-order chi connectivity index (χ0) is 14.5. The second-order valence-corrected chi connectivity index (χ2v) is 4.70. The maximum absolute atomic E-state index is 11.7. The minimum Gasteiger partial charge on any atom is -0.273 e. The molecule has 0 saturated carbocycles. The Morgan fingerprint density at radius 1 is 1.30 bits per heavy atom. The van der Waals surface area contributed by atoms with E-state index in [9.17, 15) is 4.79 Å². The molecule has 1 aromatic heterocycles. The highest BCUT2D eigenvalue weighted by Crippen LogP contribution is 2.18. The highest BCUT2D eigenvalue weighted by molar-refractivity contribution is 6.29. The molecule has 20 heavy (non-hydrogen) atoms. The summed E-state index contributed by atoms with van der Waals surface area (Å²) in [5, 5.41) is 5.75. The third-order valence-corrected chi connectivity index (χ3v) is 2.76. The van der Waals surface area contributed by atoms with Crippen molar-refractivity contribution in [2.45, 2.75) is 13.8 Å². The van der Waals surface area contributed by atoms with Crippen molar-refractivity contribution in [3.63, 3.8) is 0 Å². The average molecular weight is 288 g/mol. The standard InChI is InChI=1S/C15H14ClN3O/c1-11-8-14(16)18-15(9-11)19(12(2)20)17-10-13-6-4-3-5-7-13/h3-10H,1-2H3/b17-10-. The first-order valence-corrected chi connectivity index (χ1v) is 6.48. The fourth-order valence-electron chi connectivity index (χ4n) is 1.68. The number of rotatable bonds is 3. The molecule has 0 fully saturated rings. The van der Waals surface area contributed by atoms with Crippen molar-refractivity contribution in [2.75, 3.05) is 5.01 Å². The van der Waals surface area contributed by atoms with E-state index in [1.165, 1.54) is 11.9 Å². The third-order valence-electron chi connectivity index (χ3n) is 2.56. The molecular weight excluding hydrogens is 274 g/mol. The van der Waals surface area contributed by atoms with Crippen LogP contribution >= 0.6 is 11.6 Å². The molecule has 1 heterocycles. The van der Waals surface area contributed by atoms with Crippen LogP contribution in [-0.2, 0) is 4.79 Å². The Kier molecular flexibility index (Phi) is 4.48. The van der Waals surface area contributed by atoms with Crippen LogP contribution in [0.1, 0.15) is 18.1 Å². The zero-order valence-electron chi connectivity index (χ0n) is 11.2. The van der Waals surface area contributed by atoms with Crippen LogP contribution in [0.25, 0.3) is 0 Å². The Balaban J connectivity index is 2.32. The highest BCUT2D eigenvalue weighted by atomic mass is 35.5. The first kappa shape index (κ1) is 14.2. The van der Waals surface area contributed by atoms with E-state index in [2.05, 4.69) is 10.1 Å². The van der Waals surface area contributed by atoms with E-state index in [-0.39, 0.29) is 5.91 Å². The van der Waals surface area contributed by atoms with Crippen LogP contribution in [0.4, 0.5) is 5.82 Å². The van der Waals surface area contributed by atoms with E-state index in [1.807, 2.05) is 37.3 Å². The molecular formula is C15H14ClN3O. The van der Waals surface area contributed by atoms with Gasteiger partial charge in [0.15, 0.2) is 5.82 Å². The number of aryl methyl sites for hydroxylation is 1. The lowest BCUT2D eigenvalue weighted by molar-refractivity contribution is -0.116. The van der Waals surface area contributed by atoms with E-state index in [1.54, 1.807) is 18.3 Å². The Labute approximate surface area is 122 Å². The first-order chi connectivity index (χ1) is 9.56. The van der Waals surface area contributed by atoms with Gasteiger partial charge in [-0.25, -0.2) is 4.98 Å². The fourth-order valence-corrected chi connectivity index (χ4v) is 1.94. The molecule has 0 unspecified atom stereocenters. The topological polar surface area (TPSA) is 45.6 Å². The summed E-state index contributed by atoms with van der Waals surface area (Å²) in [5.41, 5.74) is 1.82. The number of pyridine rings is 1. The lowest BCUT2D eigenvalue weighted by Crippen LogP contribution is -2.23. The maximum atomic E-state index is 11.7. The van der Waals surface area contributed by atoms with Gasteiger partial charge in [-0.15, -0.1) is 0 Å². The molecule has 0 aliphatic rings. The number of carbonyl (C=O) groups excluding carboxylic acids is 1. The predicted octanol–water partition coefficient (Wildman–Crippen LogP) is 3.43. The van der Waals surface area contributed by atoms with Gasteiger partial charge in [0.2, 0.25) is 5.91 Å². The number of hydrazone groups is 1. The fraction of sp³-hybridized carbons (Fsp3) is 0.133. The smallest absolute Gasteiger partial charge is 0.245 e. The van der Waals surface area contributed by atoms with E-state index < -0.39 is 0 Å². The summed E-state index contributed by atoms with van der Waals surface area (Å²) < 4.78 is 0. The van der Waals surface area contributed by atoms with Gasteiger partial charge in [0.25, 0.3) is 0 Å². The van der Waals surface area contributed by atoms with Gasteiger partial charge in [-0.3, -0.25) is 4.79 Å². The highest BCUT2D eigenvalue weighted by Gasteiger charge is 2.12. The van der Waals surface area contributed by atoms with Crippen LogP contribution in [0.2, 0.25) is 5.15 Å². The maximum Gasteiger partial charge on any atom is 0.245 e. The normalized spacial score (nSPS) is 10.8. The van der Waals surface area contributed by atoms with Crippen LogP contribution < -0.4 is 5.01 Å². The number of hydrogen-bond acceptors (Lipinski definition) is 3. The number of anilines is 1. The summed E-state index contributed by atoms with van der Waals surface area (Å²) in [5.74, 6) is 0.182. The largest absolute Gasteiger partial charge is 0.273 e. The van der Waals surface area contributed by atoms with Gasteiger partial charge < -0.3 is 0 Å². The van der Waals surface area contributed by atoms with E-state index >= 15 is 0 Å². The number of aromatic nitrogens is 1. The lowest BCUT2D eigenvalue weighted by Gasteiger charge is -2.14. The Bertz CT molecular complexity index is 621. The quantitative estimate of drug-likeness (QED) is 0.493. The molecule has 0 aliphatic heterocycles. The third kappa shape index (κ3) is 3.65. The summed E-state index contributed by atoms with van der Waals surface area (Å²) in [6.45, 7) is 3.32. The van der Waals surface area contributed by atoms with Gasteiger partial charge in [-0.2, -0.15) is 10.1 Å². The van der Waals surface area contributed by atoms with Crippen molar-refractivity contribution in [1.29, 1.82) is 0 Å². The number of hydrogen-bond donors (Lipinski definition) is 0. The molecule has 0 bridgehead atoms. The van der Waals surface area contributed by atoms with Crippen molar-refractivity contribution in [3.05, 3.63) is 58.7 Å². The molecule has 0 spiro atoms. The molecule has 0 N–H and O–H groups in total. The summed E-state index contributed by atoms with van der Waals surface area (Å²) in [7, 11) is 0. The first-order valence-electron chi connectivity index (χ1n) is 6.10. The summed E-state index contributed by atoms with van der Waals surface area (Å²) in [6, 6.07) is 13.0. The second-order valence-electron chi connectivity index (χ2n) is 4.31. The summed E-state index contributed by atoms with van der Waals surface area (Å²) in [4.78, 5) is 15.8. The molecule has 0 radical (unpaired) electrons. The van der Waals surface area contributed by atoms with Gasteiger partial charge >= 0.3 is 0 Å². The minimum atomic E-state index is -0.230. The molecule has 5 heteroatoms. The van der Waals surface area contributed by atoms with Crippen LogP contribution in [0.3, 0.4) is 0 Å². The van der Waals surface area contributed by atoms with Crippen LogP contribution in [0, 0.1) is 6.92 Å². The number of carbonyl (C=O) groups is 1. The van der Waals surface area contributed by atoms with Crippen molar-refractivity contribution in [2.24, 2.45) is 5.10 Å². The monoisotopic (exact) mass is 287 g/mol. The van der Waals surface area contributed by atoms with Gasteiger partial charge in [-0.05, 0) is 30.2 Å². The molecule has 4 nitrogen and oxygen atoms in total. The second kappa shape index (κ2) is 6.30. The Hall–Kier alpha value is -2.20. The molecule has 0 atom stereocenters. The Morgan fingerprint density at radius 2 is 2.00 bits per heavy atom. The number of nitrogens with zero attached hydrogens (tertiary/aromatic N) is 3. The number of benzene rings is 1.